The van der Waals surface area contributed by atoms with E-state index in [9.17, 15) is 13.2 Å². The summed E-state index contributed by atoms with van der Waals surface area (Å²) in [7, 11) is -3.52. The second-order valence-corrected chi connectivity index (χ2v) is 10.4. The zero-order chi connectivity index (χ0) is 19.4. The summed E-state index contributed by atoms with van der Waals surface area (Å²) in [4.78, 5) is 14.2. The maximum Gasteiger partial charge on any atom is 0.252 e. The smallest absolute Gasteiger partial charge is 0.252 e. The molecule has 1 aliphatic heterocycles. The SMILES string of the molecule is CCc1ccc(CCC(=O)N2CCN(S(=O)(=O)c3ccc(Cl)s3)CC2)cc1. The number of thiophene rings is 1. The van der Waals surface area contributed by atoms with E-state index in [0.29, 0.717) is 43.4 Å². The molecule has 0 unspecified atom stereocenters. The van der Waals surface area contributed by atoms with E-state index < -0.39 is 10.0 Å². The first-order chi connectivity index (χ1) is 12.9. The number of aryl methyl sites for hydroxylation is 2. The van der Waals surface area contributed by atoms with E-state index in [1.807, 2.05) is 0 Å². The molecular formula is C19H23ClN2O3S2. The van der Waals surface area contributed by atoms with Crippen molar-refractivity contribution in [2.24, 2.45) is 0 Å². The number of piperazine rings is 1. The van der Waals surface area contributed by atoms with E-state index in [2.05, 4.69) is 31.2 Å². The standard InChI is InChI=1S/C19H23ClN2O3S2/c1-2-15-3-5-16(6-4-15)7-9-18(23)21-11-13-22(14-12-21)27(24,25)19-10-8-17(20)26-19/h3-6,8,10H,2,7,9,11-14H2,1H3. The molecule has 27 heavy (non-hydrogen) atoms. The van der Waals surface area contributed by atoms with Crippen LogP contribution in [0.2, 0.25) is 4.34 Å². The zero-order valence-corrected chi connectivity index (χ0v) is 17.6. The Hall–Kier alpha value is -1.41. The third-order valence-electron chi connectivity index (χ3n) is 4.79. The van der Waals surface area contributed by atoms with Crippen LogP contribution in [-0.2, 0) is 27.7 Å². The van der Waals surface area contributed by atoms with Gasteiger partial charge in [-0.1, -0.05) is 42.8 Å². The highest BCUT2D eigenvalue weighted by Gasteiger charge is 2.30. The predicted molar refractivity (Wildman–Crippen MR) is 109 cm³/mol. The number of halogens is 1. The molecule has 0 aliphatic carbocycles. The molecular weight excluding hydrogens is 404 g/mol. The number of rotatable bonds is 6. The van der Waals surface area contributed by atoms with E-state index in [1.165, 1.54) is 15.9 Å². The van der Waals surface area contributed by atoms with Gasteiger partial charge in [-0.15, -0.1) is 11.3 Å². The Morgan fingerprint density at radius 1 is 1.04 bits per heavy atom. The van der Waals surface area contributed by atoms with Gasteiger partial charge >= 0.3 is 0 Å². The lowest BCUT2D eigenvalue weighted by Gasteiger charge is -2.33. The number of carbonyl (C=O) groups excluding carboxylic acids is 1. The van der Waals surface area contributed by atoms with Crippen LogP contribution in [0.4, 0.5) is 0 Å². The minimum atomic E-state index is -3.52. The van der Waals surface area contributed by atoms with Crippen LogP contribution < -0.4 is 0 Å². The van der Waals surface area contributed by atoms with E-state index >= 15 is 0 Å². The van der Waals surface area contributed by atoms with Gasteiger partial charge in [0, 0.05) is 32.6 Å². The van der Waals surface area contributed by atoms with Crippen LogP contribution in [0.3, 0.4) is 0 Å². The first-order valence-electron chi connectivity index (χ1n) is 9.01. The molecule has 1 fully saturated rings. The summed E-state index contributed by atoms with van der Waals surface area (Å²) in [6.07, 6.45) is 2.15. The molecule has 0 N–H and O–H groups in total. The van der Waals surface area contributed by atoms with Crippen molar-refractivity contribution >= 4 is 38.9 Å². The summed E-state index contributed by atoms with van der Waals surface area (Å²) in [5.74, 6) is 0.0748. The van der Waals surface area contributed by atoms with Crippen LogP contribution in [0.5, 0.6) is 0 Å². The molecule has 1 saturated heterocycles. The fraction of sp³-hybridized carbons (Fsp3) is 0.421. The first kappa shape index (κ1) is 20.3. The number of carbonyl (C=O) groups is 1. The number of nitrogens with zero attached hydrogens (tertiary/aromatic N) is 2. The topological polar surface area (TPSA) is 57.7 Å². The van der Waals surface area contributed by atoms with E-state index in [0.717, 1.165) is 23.3 Å². The van der Waals surface area contributed by atoms with E-state index in [-0.39, 0.29) is 10.1 Å². The number of amides is 1. The van der Waals surface area contributed by atoms with Crippen molar-refractivity contribution in [2.45, 2.75) is 30.4 Å². The molecule has 0 atom stereocenters. The van der Waals surface area contributed by atoms with Crippen LogP contribution in [0.25, 0.3) is 0 Å². The first-order valence-corrected chi connectivity index (χ1v) is 11.6. The van der Waals surface area contributed by atoms with Gasteiger partial charge < -0.3 is 4.90 Å². The summed E-state index contributed by atoms with van der Waals surface area (Å²) in [6.45, 7) is 3.59. The monoisotopic (exact) mass is 426 g/mol. The molecule has 1 amide bonds. The van der Waals surface area contributed by atoms with Gasteiger partial charge in [-0.2, -0.15) is 4.31 Å². The number of hydrogen-bond donors (Lipinski definition) is 0. The fourth-order valence-corrected chi connectivity index (χ4v) is 6.15. The Morgan fingerprint density at radius 2 is 1.67 bits per heavy atom. The largest absolute Gasteiger partial charge is 0.340 e. The molecule has 2 aromatic rings. The third-order valence-corrected chi connectivity index (χ3v) is 8.39. The van der Waals surface area contributed by atoms with Crippen LogP contribution in [0, 0.1) is 0 Å². The van der Waals surface area contributed by atoms with Crippen molar-refractivity contribution in [3.63, 3.8) is 0 Å². The average Bonchev–Trinajstić information content (AvgIpc) is 3.14. The van der Waals surface area contributed by atoms with Crippen LogP contribution >= 0.6 is 22.9 Å². The summed E-state index contributed by atoms with van der Waals surface area (Å²) in [6, 6.07) is 11.5. The molecule has 146 valence electrons. The Morgan fingerprint density at radius 3 is 2.22 bits per heavy atom. The van der Waals surface area contributed by atoms with Crippen molar-refractivity contribution in [2.75, 3.05) is 26.2 Å². The lowest BCUT2D eigenvalue weighted by atomic mass is 10.1. The minimum absolute atomic E-state index is 0.0748. The van der Waals surface area contributed by atoms with Gasteiger partial charge in [-0.3, -0.25) is 4.79 Å². The number of sulfonamides is 1. The van der Waals surface area contributed by atoms with Gasteiger partial charge in [0.2, 0.25) is 5.91 Å². The van der Waals surface area contributed by atoms with E-state index in [1.54, 1.807) is 11.0 Å². The number of hydrogen-bond acceptors (Lipinski definition) is 4. The van der Waals surface area contributed by atoms with Gasteiger partial charge in [0.1, 0.15) is 4.21 Å². The third kappa shape index (κ3) is 4.90. The predicted octanol–water partition coefficient (Wildman–Crippen LogP) is 3.43. The molecule has 8 heteroatoms. The highest BCUT2D eigenvalue weighted by Crippen LogP contribution is 2.28. The van der Waals surface area contributed by atoms with Crippen LogP contribution in [0.1, 0.15) is 24.5 Å². The fourth-order valence-electron chi connectivity index (χ4n) is 3.09. The van der Waals surface area contributed by atoms with E-state index in [4.69, 9.17) is 11.6 Å². The van der Waals surface area contributed by atoms with Gasteiger partial charge in [0.15, 0.2) is 0 Å². The highest BCUT2D eigenvalue weighted by molar-refractivity contribution is 7.91. The van der Waals surface area contributed by atoms with Crippen LogP contribution in [0.15, 0.2) is 40.6 Å². The molecule has 1 aliphatic rings. The maximum atomic E-state index is 12.6. The Balaban J connectivity index is 1.51. The van der Waals surface area contributed by atoms with Gasteiger partial charge in [0.05, 0.1) is 4.34 Å². The quantitative estimate of drug-likeness (QED) is 0.711. The molecule has 0 bridgehead atoms. The second kappa shape index (κ2) is 8.73. The zero-order valence-electron chi connectivity index (χ0n) is 15.2. The lowest BCUT2D eigenvalue weighted by Crippen LogP contribution is -2.50. The Labute approximate surface area is 169 Å². The van der Waals surface area contributed by atoms with Crippen molar-refractivity contribution in [3.8, 4) is 0 Å². The minimum Gasteiger partial charge on any atom is -0.340 e. The Kier molecular flexibility index (Phi) is 6.57. The summed E-state index contributed by atoms with van der Waals surface area (Å²) in [5, 5.41) is 0. The van der Waals surface area contributed by atoms with Crippen LogP contribution in [-0.4, -0.2) is 49.7 Å². The van der Waals surface area contributed by atoms with Crippen molar-refractivity contribution in [1.82, 2.24) is 9.21 Å². The lowest BCUT2D eigenvalue weighted by molar-refractivity contribution is -0.132. The summed E-state index contributed by atoms with van der Waals surface area (Å²) >= 11 is 6.91. The van der Waals surface area contributed by atoms with Crippen molar-refractivity contribution in [3.05, 3.63) is 51.9 Å². The second-order valence-electron chi connectivity index (χ2n) is 6.51. The molecule has 0 saturated carbocycles. The van der Waals surface area contributed by atoms with Crippen molar-refractivity contribution < 1.29 is 13.2 Å². The molecule has 0 spiro atoms. The molecule has 2 heterocycles. The molecule has 5 nitrogen and oxygen atoms in total. The normalized spacial score (nSPS) is 15.9. The molecule has 3 rings (SSSR count). The Bertz CT molecular complexity index is 886. The number of benzene rings is 1. The molecule has 0 radical (unpaired) electrons. The van der Waals surface area contributed by atoms with Gasteiger partial charge in [-0.25, -0.2) is 8.42 Å². The van der Waals surface area contributed by atoms with Gasteiger partial charge in [-0.05, 0) is 36.1 Å². The summed E-state index contributed by atoms with van der Waals surface area (Å²) < 4.78 is 27.4. The van der Waals surface area contributed by atoms with Crippen molar-refractivity contribution in [1.29, 1.82) is 0 Å². The molecule has 1 aromatic heterocycles. The summed E-state index contributed by atoms with van der Waals surface area (Å²) in [5.41, 5.74) is 2.44. The maximum absolute atomic E-state index is 12.6. The molecule has 1 aromatic carbocycles. The average molecular weight is 427 g/mol. The van der Waals surface area contributed by atoms with Gasteiger partial charge in [0.25, 0.3) is 10.0 Å². The highest BCUT2D eigenvalue weighted by atomic mass is 35.5.